The Morgan fingerprint density at radius 2 is 2.00 bits per heavy atom. The zero-order valence-corrected chi connectivity index (χ0v) is 11.7. The quantitative estimate of drug-likeness (QED) is 0.894. The van der Waals surface area contributed by atoms with Gasteiger partial charge in [0.1, 0.15) is 5.82 Å². The van der Waals surface area contributed by atoms with Gasteiger partial charge in [-0.05, 0) is 69.0 Å². The molecular weight excluding hydrogens is 234 g/mol. The van der Waals surface area contributed by atoms with Crippen LogP contribution in [0.3, 0.4) is 0 Å². The average Bonchev–Trinajstić information content (AvgIpc) is 2.86. The molecule has 3 nitrogen and oxygen atoms in total. The van der Waals surface area contributed by atoms with Crippen LogP contribution in [0.4, 0.5) is 0 Å². The lowest BCUT2D eigenvalue weighted by Gasteiger charge is -2.24. The van der Waals surface area contributed by atoms with E-state index in [1.165, 1.54) is 29.7 Å². The third kappa shape index (κ3) is 2.43. The molecule has 19 heavy (non-hydrogen) atoms. The van der Waals surface area contributed by atoms with Gasteiger partial charge < -0.3 is 9.88 Å². The molecule has 1 aliphatic heterocycles. The second kappa shape index (κ2) is 5.17. The minimum atomic E-state index is 0.721. The molecule has 1 saturated heterocycles. The van der Waals surface area contributed by atoms with Crippen LogP contribution in [0.5, 0.6) is 0 Å². The summed E-state index contributed by atoms with van der Waals surface area (Å²) < 4.78 is 2.14. The lowest BCUT2D eigenvalue weighted by atomic mass is 9.87. The number of piperidine rings is 1. The van der Waals surface area contributed by atoms with Gasteiger partial charge in [0.25, 0.3) is 0 Å². The summed E-state index contributed by atoms with van der Waals surface area (Å²) in [6.07, 6.45) is 6.38. The Labute approximate surface area is 114 Å². The number of hydrogen-bond acceptors (Lipinski definition) is 2. The zero-order chi connectivity index (χ0) is 13.2. The monoisotopic (exact) mass is 255 g/mol. The van der Waals surface area contributed by atoms with Crippen molar-refractivity contribution in [2.45, 2.75) is 32.6 Å². The SMILES string of the molecule is Cc1cc(-n2ccnc2C)ccc1C1CCNCC1. The van der Waals surface area contributed by atoms with Crippen molar-refractivity contribution in [1.29, 1.82) is 0 Å². The summed E-state index contributed by atoms with van der Waals surface area (Å²) in [5.41, 5.74) is 4.13. The van der Waals surface area contributed by atoms with Gasteiger partial charge in [-0.2, -0.15) is 0 Å². The fourth-order valence-electron chi connectivity index (χ4n) is 3.05. The number of nitrogens with zero attached hydrogens (tertiary/aromatic N) is 2. The Bertz CT molecular complexity index is 565. The van der Waals surface area contributed by atoms with Crippen LogP contribution in [0.1, 0.15) is 35.7 Å². The lowest BCUT2D eigenvalue weighted by molar-refractivity contribution is 0.459. The highest BCUT2D eigenvalue weighted by Crippen LogP contribution is 2.29. The third-order valence-electron chi connectivity index (χ3n) is 4.14. The summed E-state index contributed by atoms with van der Waals surface area (Å²) in [7, 11) is 0. The molecule has 0 aliphatic carbocycles. The van der Waals surface area contributed by atoms with Gasteiger partial charge >= 0.3 is 0 Å². The van der Waals surface area contributed by atoms with Crippen molar-refractivity contribution in [2.24, 2.45) is 0 Å². The maximum atomic E-state index is 4.29. The topological polar surface area (TPSA) is 29.9 Å². The maximum absolute atomic E-state index is 4.29. The average molecular weight is 255 g/mol. The molecule has 100 valence electrons. The summed E-state index contributed by atoms with van der Waals surface area (Å²) in [4.78, 5) is 4.29. The first kappa shape index (κ1) is 12.4. The minimum Gasteiger partial charge on any atom is -0.317 e. The molecule has 1 aromatic carbocycles. The molecule has 1 aliphatic rings. The summed E-state index contributed by atoms with van der Waals surface area (Å²) >= 11 is 0. The van der Waals surface area contributed by atoms with Crippen LogP contribution in [0.2, 0.25) is 0 Å². The van der Waals surface area contributed by atoms with E-state index in [1.807, 2.05) is 19.3 Å². The summed E-state index contributed by atoms with van der Waals surface area (Å²) in [6, 6.07) is 6.81. The zero-order valence-electron chi connectivity index (χ0n) is 11.7. The van der Waals surface area contributed by atoms with Gasteiger partial charge in [0.2, 0.25) is 0 Å². The van der Waals surface area contributed by atoms with Gasteiger partial charge in [-0.3, -0.25) is 0 Å². The number of imidazole rings is 1. The van der Waals surface area contributed by atoms with E-state index < -0.39 is 0 Å². The van der Waals surface area contributed by atoms with E-state index in [0.29, 0.717) is 0 Å². The van der Waals surface area contributed by atoms with Crippen molar-refractivity contribution in [3.63, 3.8) is 0 Å². The van der Waals surface area contributed by atoms with E-state index in [0.717, 1.165) is 24.8 Å². The minimum absolute atomic E-state index is 0.721. The van der Waals surface area contributed by atoms with E-state index in [1.54, 1.807) is 0 Å². The standard InChI is InChI=1S/C16H21N3/c1-12-11-15(19-10-9-18-13(19)2)3-4-16(12)14-5-7-17-8-6-14/h3-4,9-11,14,17H,5-8H2,1-2H3. The molecule has 0 bridgehead atoms. The molecule has 0 atom stereocenters. The molecule has 0 radical (unpaired) electrons. The number of benzene rings is 1. The number of rotatable bonds is 2. The van der Waals surface area contributed by atoms with Crippen molar-refractivity contribution in [3.05, 3.63) is 47.5 Å². The predicted molar refractivity (Wildman–Crippen MR) is 77.9 cm³/mol. The van der Waals surface area contributed by atoms with Crippen LogP contribution in [0.25, 0.3) is 5.69 Å². The first-order valence-corrected chi connectivity index (χ1v) is 7.07. The summed E-state index contributed by atoms with van der Waals surface area (Å²) in [6.45, 7) is 6.56. The molecule has 1 aromatic heterocycles. The van der Waals surface area contributed by atoms with Gasteiger partial charge in [-0.1, -0.05) is 6.07 Å². The summed E-state index contributed by atoms with van der Waals surface area (Å²) in [5, 5.41) is 3.43. The highest BCUT2D eigenvalue weighted by atomic mass is 15.1. The second-order valence-electron chi connectivity index (χ2n) is 5.41. The molecule has 3 heteroatoms. The van der Waals surface area contributed by atoms with Gasteiger partial charge in [0.15, 0.2) is 0 Å². The van der Waals surface area contributed by atoms with Crippen LogP contribution < -0.4 is 5.32 Å². The molecular formula is C16H21N3. The highest BCUT2D eigenvalue weighted by molar-refractivity contribution is 5.42. The first-order chi connectivity index (χ1) is 9.25. The highest BCUT2D eigenvalue weighted by Gasteiger charge is 2.17. The number of hydrogen-bond donors (Lipinski definition) is 1. The van der Waals surface area contributed by atoms with Crippen LogP contribution in [-0.4, -0.2) is 22.6 Å². The Kier molecular flexibility index (Phi) is 3.38. The van der Waals surface area contributed by atoms with Crippen molar-refractivity contribution >= 4 is 0 Å². The van der Waals surface area contributed by atoms with Crippen molar-refractivity contribution in [3.8, 4) is 5.69 Å². The van der Waals surface area contributed by atoms with E-state index in [-0.39, 0.29) is 0 Å². The molecule has 0 saturated carbocycles. The Morgan fingerprint density at radius 1 is 1.21 bits per heavy atom. The van der Waals surface area contributed by atoms with E-state index >= 15 is 0 Å². The number of aryl methyl sites for hydroxylation is 2. The molecule has 2 heterocycles. The number of aromatic nitrogens is 2. The molecule has 0 spiro atoms. The Morgan fingerprint density at radius 3 is 2.63 bits per heavy atom. The molecule has 0 amide bonds. The van der Waals surface area contributed by atoms with E-state index in [9.17, 15) is 0 Å². The maximum Gasteiger partial charge on any atom is 0.110 e. The van der Waals surface area contributed by atoms with Crippen molar-refractivity contribution in [1.82, 2.24) is 14.9 Å². The Balaban J connectivity index is 1.91. The van der Waals surface area contributed by atoms with Crippen LogP contribution in [0, 0.1) is 13.8 Å². The molecule has 1 N–H and O–H groups in total. The van der Waals surface area contributed by atoms with Gasteiger partial charge in [-0.25, -0.2) is 4.98 Å². The fourth-order valence-corrected chi connectivity index (χ4v) is 3.05. The largest absolute Gasteiger partial charge is 0.317 e. The van der Waals surface area contributed by atoms with Crippen molar-refractivity contribution in [2.75, 3.05) is 13.1 Å². The lowest BCUT2D eigenvalue weighted by Crippen LogP contribution is -2.26. The fraction of sp³-hybridized carbons (Fsp3) is 0.438. The van der Waals surface area contributed by atoms with Crippen LogP contribution >= 0.6 is 0 Å². The van der Waals surface area contributed by atoms with E-state index in [2.05, 4.69) is 40.0 Å². The predicted octanol–water partition coefficient (Wildman–Crippen LogP) is 2.96. The molecule has 1 fully saturated rings. The smallest absolute Gasteiger partial charge is 0.110 e. The molecule has 3 rings (SSSR count). The van der Waals surface area contributed by atoms with Gasteiger partial charge in [-0.15, -0.1) is 0 Å². The van der Waals surface area contributed by atoms with Crippen LogP contribution in [0.15, 0.2) is 30.6 Å². The first-order valence-electron chi connectivity index (χ1n) is 7.07. The van der Waals surface area contributed by atoms with Crippen molar-refractivity contribution < 1.29 is 0 Å². The second-order valence-corrected chi connectivity index (χ2v) is 5.41. The van der Waals surface area contributed by atoms with E-state index in [4.69, 9.17) is 0 Å². The number of nitrogens with one attached hydrogen (secondary N) is 1. The van der Waals surface area contributed by atoms with Gasteiger partial charge in [0.05, 0.1) is 0 Å². The molecule has 0 unspecified atom stereocenters. The third-order valence-corrected chi connectivity index (χ3v) is 4.14. The Hall–Kier alpha value is -1.61. The summed E-state index contributed by atoms with van der Waals surface area (Å²) in [5.74, 6) is 1.76. The normalized spacial score (nSPS) is 16.7. The van der Waals surface area contributed by atoms with Gasteiger partial charge in [0, 0.05) is 18.1 Å². The molecule has 2 aromatic rings. The van der Waals surface area contributed by atoms with Crippen LogP contribution in [-0.2, 0) is 0 Å².